The third-order valence-corrected chi connectivity index (χ3v) is 3.88. The average Bonchev–Trinajstić information content (AvgIpc) is 2.44. The maximum atomic E-state index is 12.5. The Balaban J connectivity index is 2.07. The molecule has 0 radical (unpaired) electrons. The molecule has 0 amide bonds. The summed E-state index contributed by atoms with van der Waals surface area (Å²) in [7, 11) is -3.28. The van der Waals surface area contributed by atoms with Gasteiger partial charge in [0.15, 0.2) is 9.84 Å². The Kier molecular flexibility index (Phi) is 4.36. The summed E-state index contributed by atoms with van der Waals surface area (Å²) in [6, 6.07) is 6.78. The number of benzene rings is 1. The first-order valence-corrected chi connectivity index (χ1v) is 7.98. The van der Waals surface area contributed by atoms with Crippen molar-refractivity contribution in [2.75, 3.05) is 11.6 Å². The molecule has 5 nitrogen and oxygen atoms in total. The number of hydrogen-bond donors (Lipinski definition) is 1. The van der Waals surface area contributed by atoms with E-state index >= 15 is 0 Å². The second-order valence-electron chi connectivity index (χ2n) is 4.53. The first-order valence-electron chi connectivity index (χ1n) is 6.09. The van der Waals surface area contributed by atoms with E-state index in [1.807, 2.05) is 0 Å². The average molecular weight is 331 g/mol. The van der Waals surface area contributed by atoms with Gasteiger partial charge in [0.05, 0.1) is 4.90 Å². The van der Waals surface area contributed by atoms with Crippen molar-refractivity contribution in [3.63, 3.8) is 0 Å². The molecule has 0 bridgehead atoms. The summed E-state index contributed by atoms with van der Waals surface area (Å²) >= 11 is 0. The summed E-state index contributed by atoms with van der Waals surface area (Å²) < 4.78 is 60.2. The third kappa shape index (κ3) is 4.17. The van der Waals surface area contributed by atoms with Crippen molar-refractivity contribution < 1.29 is 21.6 Å². The zero-order chi connectivity index (χ0) is 16.4. The van der Waals surface area contributed by atoms with Crippen molar-refractivity contribution in [1.29, 1.82) is 0 Å². The highest BCUT2D eigenvalue weighted by atomic mass is 32.2. The first kappa shape index (κ1) is 16.2. The summed E-state index contributed by atoms with van der Waals surface area (Å²) in [6.07, 6.45) is -2.42. The second-order valence-corrected chi connectivity index (χ2v) is 6.55. The molecule has 1 heterocycles. The molecule has 9 heteroatoms. The minimum absolute atomic E-state index is 0.151. The Labute approximate surface area is 125 Å². The number of aromatic nitrogens is 2. The van der Waals surface area contributed by atoms with Crippen LogP contribution in [0.2, 0.25) is 0 Å². The minimum atomic E-state index is -4.53. The fourth-order valence-corrected chi connectivity index (χ4v) is 2.27. The lowest BCUT2D eigenvalue weighted by Gasteiger charge is -2.09. The maximum Gasteiger partial charge on any atom is 0.433 e. The highest BCUT2D eigenvalue weighted by Crippen LogP contribution is 2.27. The van der Waals surface area contributed by atoms with Crippen LogP contribution in [0.3, 0.4) is 0 Å². The van der Waals surface area contributed by atoms with Crippen LogP contribution in [0, 0.1) is 0 Å². The number of hydrogen-bond acceptors (Lipinski definition) is 5. The van der Waals surface area contributed by atoms with Crippen LogP contribution in [0.1, 0.15) is 11.3 Å². The van der Waals surface area contributed by atoms with Crippen molar-refractivity contribution in [2.45, 2.75) is 17.6 Å². The van der Waals surface area contributed by atoms with E-state index < -0.39 is 21.7 Å². The normalized spacial score (nSPS) is 12.2. The van der Waals surface area contributed by atoms with Crippen LogP contribution in [0.4, 0.5) is 19.1 Å². The van der Waals surface area contributed by atoms with Crippen molar-refractivity contribution >= 4 is 15.8 Å². The fraction of sp³-hybridized carbons (Fsp3) is 0.231. The van der Waals surface area contributed by atoms with E-state index in [0.717, 1.165) is 18.5 Å². The number of nitrogens with one attached hydrogen (secondary N) is 1. The SMILES string of the molecule is CS(=O)(=O)c1ccc(CNc2nccc(C(F)(F)F)n2)cc1. The van der Waals surface area contributed by atoms with E-state index in [-0.39, 0.29) is 17.4 Å². The molecule has 2 aromatic rings. The summed E-state index contributed by atoms with van der Waals surface area (Å²) in [4.78, 5) is 7.25. The number of nitrogens with zero attached hydrogens (tertiary/aromatic N) is 2. The number of alkyl halides is 3. The van der Waals surface area contributed by atoms with Crippen LogP contribution in [0.5, 0.6) is 0 Å². The quantitative estimate of drug-likeness (QED) is 0.932. The smallest absolute Gasteiger partial charge is 0.350 e. The zero-order valence-corrected chi connectivity index (χ0v) is 12.2. The molecule has 0 spiro atoms. The molecule has 0 aliphatic heterocycles. The lowest BCUT2D eigenvalue weighted by molar-refractivity contribution is -0.141. The molecule has 0 saturated heterocycles. The molecular weight excluding hydrogens is 319 g/mol. The van der Waals surface area contributed by atoms with Gasteiger partial charge in [-0.15, -0.1) is 0 Å². The maximum absolute atomic E-state index is 12.5. The number of halogens is 3. The number of anilines is 1. The molecule has 0 unspecified atom stereocenters. The van der Waals surface area contributed by atoms with Crippen molar-refractivity contribution in [1.82, 2.24) is 9.97 Å². The predicted molar refractivity (Wildman–Crippen MR) is 73.9 cm³/mol. The van der Waals surface area contributed by atoms with Gasteiger partial charge in [-0.3, -0.25) is 0 Å². The third-order valence-electron chi connectivity index (χ3n) is 2.75. The van der Waals surface area contributed by atoms with Crippen LogP contribution in [0.15, 0.2) is 41.4 Å². The lowest BCUT2D eigenvalue weighted by atomic mass is 10.2. The van der Waals surface area contributed by atoms with Crippen LogP contribution in [0.25, 0.3) is 0 Å². The number of sulfone groups is 1. The monoisotopic (exact) mass is 331 g/mol. The van der Waals surface area contributed by atoms with Crippen LogP contribution in [-0.2, 0) is 22.6 Å². The fourth-order valence-electron chi connectivity index (χ4n) is 1.64. The first-order chi connectivity index (χ1) is 10.2. The molecule has 0 aliphatic rings. The minimum Gasteiger partial charge on any atom is -0.350 e. The van der Waals surface area contributed by atoms with Gasteiger partial charge in [-0.2, -0.15) is 13.2 Å². The predicted octanol–water partition coefficient (Wildman–Crippen LogP) is 2.51. The van der Waals surface area contributed by atoms with E-state index in [0.29, 0.717) is 5.56 Å². The molecule has 0 atom stereocenters. The van der Waals surface area contributed by atoms with Gasteiger partial charge in [0, 0.05) is 19.0 Å². The van der Waals surface area contributed by atoms with Gasteiger partial charge in [-0.1, -0.05) is 12.1 Å². The van der Waals surface area contributed by atoms with Gasteiger partial charge in [0.25, 0.3) is 0 Å². The molecule has 2 rings (SSSR count). The summed E-state index contributed by atoms with van der Waals surface area (Å²) in [5, 5.41) is 2.66. The standard InChI is InChI=1S/C13H12F3N3O2S/c1-22(20,21)10-4-2-9(3-5-10)8-18-12-17-7-6-11(19-12)13(14,15)16/h2-7H,8H2,1H3,(H,17,18,19). The summed E-state index contributed by atoms with van der Waals surface area (Å²) in [6.45, 7) is 0.172. The summed E-state index contributed by atoms with van der Waals surface area (Å²) in [5.74, 6) is -0.151. The van der Waals surface area contributed by atoms with Gasteiger partial charge in [-0.25, -0.2) is 18.4 Å². The van der Waals surface area contributed by atoms with E-state index in [1.54, 1.807) is 12.1 Å². The zero-order valence-electron chi connectivity index (χ0n) is 11.4. The lowest BCUT2D eigenvalue weighted by Crippen LogP contribution is -2.11. The molecule has 1 N–H and O–H groups in total. The molecule has 22 heavy (non-hydrogen) atoms. The molecule has 1 aromatic heterocycles. The highest BCUT2D eigenvalue weighted by molar-refractivity contribution is 7.90. The molecule has 0 aliphatic carbocycles. The Hall–Kier alpha value is -2.16. The highest BCUT2D eigenvalue weighted by Gasteiger charge is 2.32. The van der Waals surface area contributed by atoms with Crippen molar-refractivity contribution in [2.24, 2.45) is 0 Å². The van der Waals surface area contributed by atoms with Crippen LogP contribution in [-0.4, -0.2) is 24.6 Å². The van der Waals surface area contributed by atoms with Crippen molar-refractivity contribution in [3.05, 3.63) is 47.8 Å². The van der Waals surface area contributed by atoms with Gasteiger partial charge in [-0.05, 0) is 23.8 Å². The van der Waals surface area contributed by atoms with Crippen LogP contribution >= 0.6 is 0 Å². The largest absolute Gasteiger partial charge is 0.433 e. The van der Waals surface area contributed by atoms with Gasteiger partial charge >= 0.3 is 6.18 Å². The molecule has 1 aromatic carbocycles. The van der Waals surface area contributed by atoms with Gasteiger partial charge in [0.1, 0.15) is 5.69 Å². The van der Waals surface area contributed by atoms with E-state index in [1.165, 1.54) is 12.1 Å². The van der Waals surface area contributed by atoms with Gasteiger partial charge < -0.3 is 5.32 Å². The topological polar surface area (TPSA) is 72.0 Å². The van der Waals surface area contributed by atoms with Crippen LogP contribution < -0.4 is 5.32 Å². The Morgan fingerprint density at radius 1 is 1.14 bits per heavy atom. The molecule has 0 saturated carbocycles. The Morgan fingerprint density at radius 3 is 2.32 bits per heavy atom. The van der Waals surface area contributed by atoms with Gasteiger partial charge in [0.2, 0.25) is 5.95 Å². The van der Waals surface area contributed by atoms with Crippen molar-refractivity contribution in [3.8, 4) is 0 Å². The molecular formula is C13H12F3N3O2S. The molecule has 118 valence electrons. The second kappa shape index (κ2) is 5.91. The van der Waals surface area contributed by atoms with E-state index in [4.69, 9.17) is 0 Å². The summed E-state index contributed by atoms with van der Waals surface area (Å²) in [5.41, 5.74) is -0.342. The molecule has 0 fully saturated rings. The number of rotatable bonds is 4. The Bertz CT molecular complexity index is 759. The van der Waals surface area contributed by atoms with E-state index in [9.17, 15) is 21.6 Å². The van der Waals surface area contributed by atoms with E-state index in [2.05, 4.69) is 15.3 Å². The Morgan fingerprint density at radius 2 is 1.77 bits per heavy atom.